The number of benzene rings is 2. The molecule has 1 N–H and O–H groups in total. The zero-order valence-electron chi connectivity index (χ0n) is 16.5. The van der Waals surface area contributed by atoms with Crippen LogP contribution in [0.1, 0.15) is 15.9 Å². The summed E-state index contributed by atoms with van der Waals surface area (Å²) in [4.78, 5) is 17.7. The van der Waals surface area contributed by atoms with E-state index in [0.29, 0.717) is 41.1 Å². The monoisotopic (exact) mass is 404 g/mol. The summed E-state index contributed by atoms with van der Waals surface area (Å²) in [5, 5.41) is 7.55. The molecular weight excluding hydrogens is 384 g/mol. The van der Waals surface area contributed by atoms with Crippen molar-refractivity contribution in [1.82, 2.24) is 14.8 Å². The molecule has 0 bridgehead atoms. The van der Waals surface area contributed by atoms with Gasteiger partial charge in [0.2, 0.25) is 11.8 Å². The molecule has 0 aliphatic heterocycles. The maximum absolute atomic E-state index is 13.2. The van der Waals surface area contributed by atoms with Crippen molar-refractivity contribution in [3.8, 4) is 23.1 Å². The van der Waals surface area contributed by atoms with Crippen molar-refractivity contribution in [3.63, 3.8) is 0 Å². The van der Waals surface area contributed by atoms with Gasteiger partial charge in [-0.2, -0.15) is 9.67 Å². The van der Waals surface area contributed by atoms with E-state index < -0.39 is 0 Å². The Morgan fingerprint density at radius 2 is 1.83 bits per heavy atom. The number of furan rings is 1. The summed E-state index contributed by atoms with van der Waals surface area (Å²) >= 11 is 0. The van der Waals surface area contributed by atoms with E-state index in [9.17, 15) is 4.79 Å². The van der Waals surface area contributed by atoms with E-state index in [-0.39, 0.29) is 5.91 Å². The van der Waals surface area contributed by atoms with Gasteiger partial charge in [0.05, 0.1) is 20.5 Å². The van der Waals surface area contributed by atoms with Gasteiger partial charge in [-0.25, -0.2) is 0 Å². The molecule has 8 nitrogen and oxygen atoms in total. The number of rotatable bonds is 7. The Balaban J connectivity index is 1.69. The first-order chi connectivity index (χ1) is 14.7. The Hall–Kier alpha value is -4.07. The molecule has 2 aromatic carbocycles. The Morgan fingerprint density at radius 3 is 2.53 bits per heavy atom. The molecule has 0 fully saturated rings. The van der Waals surface area contributed by atoms with Crippen LogP contribution in [0.15, 0.2) is 71.3 Å². The van der Waals surface area contributed by atoms with Crippen LogP contribution in [-0.2, 0) is 6.54 Å². The standard InChI is InChI=1S/C22H20N4O4/c1-28-17-11-10-16(13-19(17)29-2)21(27)26-22(23-14-15-7-4-3-5-8-15)24-20(25-26)18-9-6-12-30-18/h3-13H,14H2,1-2H3,(H,23,24,25). The molecule has 8 heteroatoms. The van der Waals surface area contributed by atoms with Crippen LogP contribution in [0.3, 0.4) is 0 Å². The molecule has 152 valence electrons. The van der Waals surface area contributed by atoms with Crippen molar-refractivity contribution in [3.05, 3.63) is 78.1 Å². The number of hydrogen-bond donors (Lipinski definition) is 1. The summed E-state index contributed by atoms with van der Waals surface area (Å²) in [5.41, 5.74) is 1.43. The fourth-order valence-corrected chi connectivity index (χ4v) is 2.95. The molecule has 0 unspecified atom stereocenters. The Bertz CT molecular complexity index is 1140. The van der Waals surface area contributed by atoms with E-state index in [0.717, 1.165) is 5.56 Å². The van der Waals surface area contributed by atoms with Gasteiger partial charge in [0, 0.05) is 12.1 Å². The zero-order chi connectivity index (χ0) is 20.9. The molecular formula is C22H20N4O4. The Labute approximate surface area is 173 Å². The molecule has 30 heavy (non-hydrogen) atoms. The van der Waals surface area contributed by atoms with E-state index >= 15 is 0 Å². The number of nitrogens with zero attached hydrogens (tertiary/aromatic N) is 3. The summed E-state index contributed by atoms with van der Waals surface area (Å²) in [6.45, 7) is 0.482. The van der Waals surface area contributed by atoms with Crippen LogP contribution in [0.2, 0.25) is 0 Å². The lowest BCUT2D eigenvalue weighted by Gasteiger charge is -2.10. The van der Waals surface area contributed by atoms with Crippen LogP contribution in [0, 0.1) is 0 Å². The zero-order valence-corrected chi connectivity index (χ0v) is 16.5. The second-order valence-corrected chi connectivity index (χ2v) is 6.36. The highest BCUT2D eigenvalue weighted by atomic mass is 16.5. The minimum atomic E-state index is -0.364. The lowest BCUT2D eigenvalue weighted by molar-refractivity contribution is 0.0947. The van der Waals surface area contributed by atoms with Gasteiger partial charge in [0.15, 0.2) is 17.3 Å². The Kier molecular flexibility index (Phi) is 5.47. The first-order valence-corrected chi connectivity index (χ1v) is 9.25. The topological polar surface area (TPSA) is 91.4 Å². The van der Waals surface area contributed by atoms with Gasteiger partial charge in [-0.1, -0.05) is 30.3 Å². The quantitative estimate of drug-likeness (QED) is 0.500. The fourth-order valence-electron chi connectivity index (χ4n) is 2.95. The highest BCUT2D eigenvalue weighted by Crippen LogP contribution is 2.28. The average molecular weight is 404 g/mol. The molecule has 0 radical (unpaired) electrons. The molecule has 2 aromatic heterocycles. The largest absolute Gasteiger partial charge is 0.493 e. The minimum Gasteiger partial charge on any atom is -0.493 e. The molecule has 0 aliphatic rings. The number of ether oxygens (including phenoxy) is 2. The minimum absolute atomic E-state index is 0.310. The highest BCUT2D eigenvalue weighted by molar-refractivity contribution is 5.97. The summed E-state index contributed by atoms with van der Waals surface area (Å²) < 4.78 is 17.2. The van der Waals surface area contributed by atoms with Crippen LogP contribution >= 0.6 is 0 Å². The van der Waals surface area contributed by atoms with E-state index in [1.807, 2.05) is 30.3 Å². The second kappa shape index (κ2) is 8.52. The van der Waals surface area contributed by atoms with Gasteiger partial charge in [0.25, 0.3) is 5.91 Å². The van der Waals surface area contributed by atoms with E-state index in [1.54, 1.807) is 30.3 Å². The van der Waals surface area contributed by atoms with E-state index in [4.69, 9.17) is 13.9 Å². The van der Waals surface area contributed by atoms with Gasteiger partial charge < -0.3 is 19.2 Å². The molecule has 0 amide bonds. The Morgan fingerprint density at radius 1 is 1.03 bits per heavy atom. The smallest absolute Gasteiger partial charge is 0.281 e. The molecule has 4 rings (SSSR count). The SMILES string of the molecule is COc1ccc(C(=O)n2nc(-c3ccco3)nc2NCc2ccccc2)cc1OC. The van der Waals surface area contributed by atoms with Gasteiger partial charge >= 0.3 is 0 Å². The van der Waals surface area contributed by atoms with Crippen molar-refractivity contribution >= 4 is 11.9 Å². The van der Waals surface area contributed by atoms with Crippen molar-refractivity contribution in [2.24, 2.45) is 0 Å². The van der Waals surface area contributed by atoms with Crippen molar-refractivity contribution in [1.29, 1.82) is 0 Å². The number of carbonyl (C=O) groups excluding carboxylic acids is 1. The van der Waals surface area contributed by atoms with Crippen LogP contribution in [0.5, 0.6) is 11.5 Å². The third-order valence-electron chi connectivity index (χ3n) is 4.47. The lowest BCUT2D eigenvalue weighted by Crippen LogP contribution is -2.17. The van der Waals surface area contributed by atoms with Gasteiger partial charge in [-0.05, 0) is 35.9 Å². The number of hydrogen-bond acceptors (Lipinski definition) is 7. The van der Waals surface area contributed by atoms with Crippen molar-refractivity contribution < 1.29 is 18.7 Å². The molecule has 0 saturated carbocycles. The van der Waals surface area contributed by atoms with Gasteiger partial charge in [-0.3, -0.25) is 4.79 Å². The average Bonchev–Trinajstić information content (AvgIpc) is 3.47. The third-order valence-corrected chi connectivity index (χ3v) is 4.47. The predicted molar refractivity (Wildman–Crippen MR) is 111 cm³/mol. The van der Waals surface area contributed by atoms with Crippen molar-refractivity contribution in [2.45, 2.75) is 6.54 Å². The molecule has 0 saturated heterocycles. The number of carbonyl (C=O) groups is 1. The molecule has 0 aliphatic carbocycles. The summed E-state index contributed by atoms with van der Waals surface area (Å²) in [7, 11) is 3.06. The number of methoxy groups -OCH3 is 2. The number of nitrogens with one attached hydrogen (secondary N) is 1. The van der Waals surface area contributed by atoms with E-state index in [1.165, 1.54) is 25.2 Å². The highest BCUT2D eigenvalue weighted by Gasteiger charge is 2.21. The molecule has 4 aromatic rings. The summed E-state index contributed by atoms with van der Waals surface area (Å²) in [5.74, 6) is 1.71. The van der Waals surface area contributed by atoms with Crippen LogP contribution < -0.4 is 14.8 Å². The summed E-state index contributed by atoms with van der Waals surface area (Å²) in [6.07, 6.45) is 1.53. The van der Waals surface area contributed by atoms with Gasteiger partial charge in [0.1, 0.15) is 0 Å². The molecule has 0 spiro atoms. The number of anilines is 1. The van der Waals surface area contributed by atoms with Gasteiger partial charge in [-0.15, -0.1) is 5.10 Å². The maximum atomic E-state index is 13.2. The van der Waals surface area contributed by atoms with Crippen LogP contribution in [0.25, 0.3) is 11.6 Å². The molecule has 2 heterocycles. The molecule has 0 atom stereocenters. The first-order valence-electron chi connectivity index (χ1n) is 9.25. The second-order valence-electron chi connectivity index (χ2n) is 6.36. The van der Waals surface area contributed by atoms with Crippen LogP contribution in [0.4, 0.5) is 5.95 Å². The lowest BCUT2D eigenvalue weighted by atomic mass is 10.2. The normalized spacial score (nSPS) is 10.6. The van der Waals surface area contributed by atoms with Crippen molar-refractivity contribution in [2.75, 3.05) is 19.5 Å². The van der Waals surface area contributed by atoms with E-state index in [2.05, 4.69) is 15.4 Å². The third kappa shape index (κ3) is 3.88. The number of aromatic nitrogens is 3. The summed E-state index contributed by atoms with van der Waals surface area (Å²) in [6, 6.07) is 18.2. The predicted octanol–water partition coefficient (Wildman–Crippen LogP) is 3.86. The first kappa shape index (κ1) is 19.3. The maximum Gasteiger partial charge on any atom is 0.281 e. The van der Waals surface area contributed by atoms with Crippen LogP contribution in [-0.4, -0.2) is 34.9 Å². The fraction of sp³-hybridized carbons (Fsp3) is 0.136.